The number of carboxylic acids is 2. The molecule has 1 fully saturated rings. The van der Waals surface area contributed by atoms with Crippen molar-refractivity contribution >= 4 is 44.5 Å². The molecule has 2 heterocycles. The van der Waals surface area contributed by atoms with Crippen LogP contribution < -0.4 is 5.32 Å². The topological polar surface area (TPSA) is 129 Å². The molecule has 0 spiro atoms. The van der Waals surface area contributed by atoms with Crippen molar-refractivity contribution in [3.63, 3.8) is 0 Å². The highest BCUT2D eigenvalue weighted by Crippen LogP contribution is 2.37. The SMILES string of the molecule is Cc1cc(C(F)(F)F)ncc1-c1ccc2nc(NC(=O)[C@@H]3C[C@@H]3F)sc2c1.O=C(O)C(F)(F)F.O=C(O)C(F)(F)F. The number of hydrogen-bond acceptors (Lipinski definition) is 6. The first-order chi connectivity index (χ1) is 18.6. The minimum atomic E-state index is -5.08. The number of halogens is 10. The van der Waals surface area contributed by atoms with Gasteiger partial charge in [0.05, 0.1) is 16.1 Å². The molecule has 1 aromatic carbocycles. The third-order valence-corrected chi connectivity index (χ3v) is 5.80. The van der Waals surface area contributed by atoms with Crippen LogP contribution >= 0.6 is 11.3 Å². The first kappa shape index (κ1) is 33.2. The zero-order valence-electron chi connectivity index (χ0n) is 20.0. The molecule has 4 rings (SSSR count). The minimum absolute atomic E-state index is 0.237. The molecule has 0 radical (unpaired) electrons. The Balaban J connectivity index is 0.000000349. The molecule has 3 N–H and O–H groups in total. The van der Waals surface area contributed by atoms with Crippen molar-refractivity contribution in [1.82, 2.24) is 9.97 Å². The van der Waals surface area contributed by atoms with Gasteiger partial charge in [-0.25, -0.2) is 19.0 Å². The van der Waals surface area contributed by atoms with E-state index >= 15 is 0 Å². The van der Waals surface area contributed by atoms with Crippen molar-refractivity contribution in [2.45, 2.75) is 38.0 Å². The molecule has 0 saturated heterocycles. The number of nitrogens with zero attached hydrogens (tertiary/aromatic N) is 2. The number of rotatable bonds is 3. The normalized spacial score (nSPS) is 16.6. The molecule has 8 nitrogen and oxygen atoms in total. The molecule has 41 heavy (non-hydrogen) atoms. The number of carboxylic acid groups (broad SMARTS) is 2. The standard InChI is InChI=1S/C18H13F4N3OS.2C2HF3O2/c1-8-4-15(18(20,21)22)23-7-11(8)9-2-3-13-14(5-9)27-17(24-13)25-16(26)10-6-12(10)19;2*3-2(4,5)1(6)7/h2-5,7,10,12H,6H2,1H3,(H,24,25,26);2*(H,6,7)/t10-,12+;;/m1../s1. The number of carbonyl (C=O) groups excluding carboxylic acids is 1. The minimum Gasteiger partial charge on any atom is -0.475 e. The van der Waals surface area contributed by atoms with E-state index in [9.17, 15) is 48.7 Å². The van der Waals surface area contributed by atoms with E-state index in [1.807, 2.05) is 0 Å². The molecule has 224 valence electrons. The molecule has 1 aliphatic carbocycles. The number of alkyl halides is 10. The maximum Gasteiger partial charge on any atom is 0.490 e. The summed E-state index contributed by atoms with van der Waals surface area (Å²) in [4.78, 5) is 37.4. The molecule has 3 aromatic rings. The maximum atomic E-state index is 13.0. The number of fused-ring (bicyclic) bond motifs is 1. The lowest BCUT2D eigenvalue weighted by Gasteiger charge is -2.10. The van der Waals surface area contributed by atoms with Gasteiger partial charge >= 0.3 is 30.5 Å². The number of amides is 1. The second-order valence-electron chi connectivity index (χ2n) is 8.04. The highest BCUT2D eigenvalue weighted by molar-refractivity contribution is 7.22. The Kier molecular flexibility index (Phi) is 9.90. The fraction of sp³-hybridized carbons (Fsp3) is 0.318. The number of hydrogen-bond donors (Lipinski definition) is 3. The van der Waals surface area contributed by atoms with Crippen LogP contribution in [0.15, 0.2) is 30.5 Å². The monoisotopic (exact) mass is 623 g/mol. The zero-order valence-corrected chi connectivity index (χ0v) is 20.8. The first-order valence-corrected chi connectivity index (χ1v) is 11.4. The van der Waals surface area contributed by atoms with Gasteiger partial charge in [-0.05, 0) is 42.7 Å². The lowest BCUT2D eigenvalue weighted by molar-refractivity contribution is -0.193. The Morgan fingerprint density at radius 3 is 1.88 bits per heavy atom. The van der Waals surface area contributed by atoms with Crippen LogP contribution in [0.25, 0.3) is 21.3 Å². The van der Waals surface area contributed by atoms with E-state index in [2.05, 4.69) is 15.3 Å². The average Bonchev–Trinajstić information content (AvgIpc) is 3.42. The second-order valence-corrected chi connectivity index (χ2v) is 9.07. The lowest BCUT2D eigenvalue weighted by atomic mass is 10.0. The Bertz CT molecular complexity index is 1410. The second kappa shape index (κ2) is 12.2. The van der Waals surface area contributed by atoms with Crippen LogP contribution in [0, 0.1) is 12.8 Å². The number of aryl methyl sites for hydroxylation is 1. The first-order valence-electron chi connectivity index (χ1n) is 10.6. The van der Waals surface area contributed by atoms with Crippen LogP contribution in [-0.4, -0.2) is 56.6 Å². The summed E-state index contributed by atoms with van der Waals surface area (Å²) in [5.41, 5.74) is 1.45. The molecule has 0 bridgehead atoms. The summed E-state index contributed by atoms with van der Waals surface area (Å²) in [6, 6.07) is 6.27. The highest BCUT2D eigenvalue weighted by Gasteiger charge is 2.44. The molecule has 0 unspecified atom stereocenters. The van der Waals surface area contributed by atoms with Gasteiger partial charge in [0.15, 0.2) is 5.13 Å². The van der Waals surface area contributed by atoms with Gasteiger partial charge in [-0.15, -0.1) is 0 Å². The van der Waals surface area contributed by atoms with Crippen LogP contribution in [0.3, 0.4) is 0 Å². The van der Waals surface area contributed by atoms with Gasteiger partial charge in [0.25, 0.3) is 0 Å². The average molecular weight is 623 g/mol. The van der Waals surface area contributed by atoms with Gasteiger partial charge < -0.3 is 15.5 Å². The van der Waals surface area contributed by atoms with Crippen molar-refractivity contribution in [1.29, 1.82) is 0 Å². The van der Waals surface area contributed by atoms with Crippen molar-refractivity contribution in [3.05, 3.63) is 41.7 Å². The van der Waals surface area contributed by atoms with E-state index in [-0.39, 0.29) is 12.3 Å². The summed E-state index contributed by atoms with van der Waals surface area (Å²) in [5.74, 6) is -6.50. The van der Waals surface area contributed by atoms with E-state index in [1.165, 1.54) is 17.5 Å². The van der Waals surface area contributed by atoms with Crippen molar-refractivity contribution < 1.29 is 68.5 Å². The van der Waals surface area contributed by atoms with Crippen LogP contribution in [0.5, 0.6) is 0 Å². The van der Waals surface area contributed by atoms with Crippen molar-refractivity contribution in [2.24, 2.45) is 5.92 Å². The lowest BCUT2D eigenvalue weighted by Crippen LogP contribution is -2.21. The predicted octanol–water partition coefficient (Wildman–Crippen LogP) is 6.25. The summed E-state index contributed by atoms with van der Waals surface area (Å²) in [6.45, 7) is 1.60. The number of aliphatic carboxylic acids is 2. The van der Waals surface area contributed by atoms with Crippen molar-refractivity contribution in [3.8, 4) is 11.1 Å². The van der Waals surface area contributed by atoms with E-state index in [1.54, 1.807) is 25.1 Å². The number of aromatic nitrogens is 2. The molecule has 19 heteroatoms. The Morgan fingerprint density at radius 1 is 0.951 bits per heavy atom. The van der Waals surface area contributed by atoms with Gasteiger partial charge in [0, 0.05) is 11.8 Å². The number of carbonyl (C=O) groups is 3. The number of benzene rings is 1. The van der Waals surface area contributed by atoms with Crippen LogP contribution in [-0.2, 0) is 20.6 Å². The van der Waals surface area contributed by atoms with E-state index in [0.717, 1.165) is 10.8 Å². The number of thiazole rings is 1. The van der Waals surface area contributed by atoms with E-state index in [0.29, 0.717) is 27.3 Å². The van der Waals surface area contributed by atoms with Crippen molar-refractivity contribution in [2.75, 3.05) is 5.32 Å². The van der Waals surface area contributed by atoms with Gasteiger partial charge in [-0.3, -0.25) is 9.78 Å². The number of anilines is 1. The summed E-state index contributed by atoms with van der Waals surface area (Å²) in [7, 11) is 0. The quantitative estimate of drug-likeness (QED) is 0.294. The number of pyridine rings is 1. The van der Waals surface area contributed by atoms with Crippen LogP contribution in [0.1, 0.15) is 17.7 Å². The highest BCUT2D eigenvalue weighted by atomic mass is 32.1. The largest absolute Gasteiger partial charge is 0.490 e. The molecule has 1 saturated carbocycles. The molecule has 1 amide bonds. The molecule has 0 aliphatic heterocycles. The molecule has 2 aromatic heterocycles. The van der Waals surface area contributed by atoms with Gasteiger partial charge in [-0.1, -0.05) is 17.4 Å². The van der Waals surface area contributed by atoms with Gasteiger partial charge in [0.1, 0.15) is 11.9 Å². The molecular formula is C22H15F10N3O5S. The summed E-state index contributed by atoms with van der Waals surface area (Å²) in [6.07, 6.45) is -14.3. The smallest absolute Gasteiger partial charge is 0.475 e. The summed E-state index contributed by atoms with van der Waals surface area (Å²) < 4.78 is 116. The zero-order chi connectivity index (χ0) is 31.5. The van der Waals surface area contributed by atoms with E-state index < -0.39 is 48.3 Å². The van der Waals surface area contributed by atoms with E-state index in [4.69, 9.17) is 19.8 Å². The Hall–Kier alpha value is -4.03. The maximum absolute atomic E-state index is 13.0. The van der Waals surface area contributed by atoms with Crippen LogP contribution in [0.4, 0.5) is 49.0 Å². The third-order valence-electron chi connectivity index (χ3n) is 4.87. The Labute approximate surface area is 225 Å². The Morgan fingerprint density at radius 2 is 1.46 bits per heavy atom. The van der Waals surface area contributed by atoms with Crippen LogP contribution in [0.2, 0.25) is 0 Å². The fourth-order valence-corrected chi connectivity index (χ4v) is 3.70. The predicted molar refractivity (Wildman–Crippen MR) is 122 cm³/mol. The summed E-state index contributed by atoms with van der Waals surface area (Å²) in [5, 5.41) is 17.2. The fourth-order valence-electron chi connectivity index (χ4n) is 2.79. The molecule has 2 atom stereocenters. The molecular weight excluding hydrogens is 608 g/mol. The third kappa shape index (κ3) is 9.54. The summed E-state index contributed by atoms with van der Waals surface area (Å²) >= 11 is 1.23. The van der Waals surface area contributed by atoms with Gasteiger partial charge in [0.2, 0.25) is 5.91 Å². The number of nitrogens with one attached hydrogen (secondary N) is 1. The molecule has 1 aliphatic rings. The van der Waals surface area contributed by atoms with Gasteiger partial charge in [-0.2, -0.15) is 39.5 Å².